The van der Waals surface area contributed by atoms with Crippen molar-refractivity contribution in [1.29, 1.82) is 0 Å². The molecule has 1 aliphatic carbocycles. The Morgan fingerprint density at radius 2 is 1.89 bits per heavy atom. The number of aliphatic carboxylic acids is 1. The third-order valence-corrected chi connectivity index (χ3v) is 8.23. The average Bonchev–Trinajstić information content (AvgIpc) is 3.62. The van der Waals surface area contributed by atoms with Crippen LogP contribution in [0.15, 0.2) is 55.0 Å². The highest BCUT2D eigenvalue weighted by molar-refractivity contribution is 7.22. The summed E-state index contributed by atoms with van der Waals surface area (Å²) in [6.45, 7) is 6.35. The normalized spacial score (nSPS) is 11.8. The molecule has 1 aliphatic rings. The monoisotopic (exact) mass is 678 g/mol. The maximum atomic E-state index is 13.4. The highest BCUT2D eigenvalue weighted by Gasteiger charge is 2.38. The van der Waals surface area contributed by atoms with Crippen LogP contribution in [0.4, 0.5) is 29.1 Å². The van der Waals surface area contributed by atoms with Gasteiger partial charge in [0, 0.05) is 28.4 Å². The van der Waals surface area contributed by atoms with Crippen LogP contribution in [-0.2, 0) is 30.8 Å². The van der Waals surface area contributed by atoms with E-state index in [9.17, 15) is 17.6 Å². The Kier molecular flexibility index (Phi) is 11.5. The molecule has 3 N–H and O–H groups in total. The Morgan fingerprint density at radius 1 is 1.15 bits per heavy atom. The number of thiophene rings is 1. The van der Waals surface area contributed by atoms with Crippen LogP contribution in [0.1, 0.15) is 30.7 Å². The van der Waals surface area contributed by atoms with Gasteiger partial charge in [0.15, 0.2) is 0 Å². The van der Waals surface area contributed by atoms with E-state index in [1.807, 2.05) is 25.4 Å². The molecule has 5 aromatic rings. The minimum atomic E-state index is -5.08. The fourth-order valence-electron chi connectivity index (χ4n) is 4.54. The predicted octanol–water partition coefficient (Wildman–Crippen LogP) is 7.65. The van der Waals surface area contributed by atoms with Gasteiger partial charge in [0.25, 0.3) is 0 Å². The number of fused-ring (bicyclic) bond motifs is 5. The van der Waals surface area contributed by atoms with E-state index in [1.54, 1.807) is 35.9 Å². The number of rotatable bonds is 7. The maximum absolute atomic E-state index is 13.4. The van der Waals surface area contributed by atoms with E-state index in [0.29, 0.717) is 10.8 Å². The van der Waals surface area contributed by atoms with Crippen molar-refractivity contribution in [1.82, 2.24) is 25.1 Å². The van der Waals surface area contributed by atoms with Crippen LogP contribution in [0.25, 0.3) is 20.7 Å². The number of aryl methyl sites for hydroxylation is 2. The van der Waals surface area contributed by atoms with Crippen molar-refractivity contribution in [2.24, 2.45) is 0 Å². The number of aromatic nitrogens is 4. The molecule has 0 unspecified atom stereocenters. The van der Waals surface area contributed by atoms with Crippen LogP contribution in [0.5, 0.6) is 5.75 Å². The van der Waals surface area contributed by atoms with Crippen molar-refractivity contribution in [2.75, 3.05) is 18.9 Å². The molecule has 0 fully saturated rings. The molecule has 6 rings (SSSR count). The standard InChI is InChI=1S/C26H21ClFN5OS.C3H9N.C2HF3O2/c1-2-33-21-8-7-18-23-25(29-14-30-26(23)35-24(18)19(21)12-31-33)32-17-6-9-22(20(27)11-17)34-13-15-4-3-5-16(28)10-15;1-3-4-2;3-2(4,5)1(6)7/h3-6,9-12,14H,2,7-8,13H2,1H3,(H,29,30,32);4H,3H2,1-2H3;(H,6,7). The molecule has 0 saturated heterocycles. The summed E-state index contributed by atoms with van der Waals surface area (Å²) < 4.78 is 53.0. The van der Waals surface area contributed by atoms with Crippen molar-refractivity contribution >= 4 is 50.6 Å². The minimum absolute atomic E-state index is 0.231. The topological polar surface area (TPSA) is 114 Å². The van der Waals surface area contributed by atoms with Gasteiger partial charge < -0.3 is 20.5 Å². The fraction of sp³-hybridized carbons (Fsp3) is 0.290. The second kappa shape index (κ2) is 15.3. The first kappa shape index (κ1) is 34.6. The number of halogens is 5. The quantitative estimate of drug-likeness (QED) is 0.151. The Balaban J connectivity index is 0.000000378. The van der Waals surface area contributed by atoms with E-state index >= 15 is 0 Å². The summed E-state index contributed by atoms with van der Waals surface area (Å²) in [5, 5.41) is 19.5. The molecular formula is C31H31ClF4N6O3S. The zero-order valence-corrected chi connectivity index (χ0v) is 26.7. The van der Waals surface area contributed by atoms with E-state index < -0.39 is 12.1 Å². The first-order valence-corrected chi connectivity index (χ1v) is 15.4. The van der Waals surface area contributed by atoms with Gasteiger partial charge in [-0.05, 0) is 74.8 Å². The molecule has 15 heteroatoms. The van der Waals surface area contributed by atoms with Gasteiger partial charge in [-0.15, -0.1) is 11.3 Å². The Morgan fingerprint density at radius 3 is 2.52 bits per heavy atom. The van der Waals surface area contributed by atoms with E-state index in [-0.39, 0.29) is 12.4 Å². The molecule has 0 aliphatic heterocycles. The van der Waals surface area contributed by atoms with E-state index in [2.05, 4.69) is 44.2 Å². The van der Waals surface area contributed by atoms with Crippen molar-refractivity contribution in [2.45, 2.75) is 46.0 Å². The smallest absolute Gasteiger partial charge is 0.487 e. The number of ether oxygens (including phenoxy) is 1. The second-order valence-corrected chi connectivity index (χ2v) is 11.2. The van der Waals surface area contributed by atoms with Crippen LogP contribution in [0, 0.1) is 5.82 Å². The molecule has 3 aromatic heterocycles. The van der Waals surface area contributed by atoms with Gasteiger partial charge in [0.1, 0.15) is 35.1 Å². The highest BCUT2D eigenvalue weighted by atomic mass is 35.5. The number of alkyl halides is 3. The summed E-state index contributed by atoms with van der Waals surface area (Å²) in [5.74, 6) is -1.77. The number of carboxylic acid groups (broad SMARTS) is 1. The number of carbonyl (C=O) groups is 1. The van der Waals surface area contributed by atoms with Crippen LogP contribution in [-0.4, -0.2) is 50.6 Å². The summed E-state index contributed by atoms with van der Waals surface area (Å²) in [6, 6.07) is 11.8. The van der Waals surface area contributed by atoms with E-state index in [4.69, 9.17) is 26.2 Å². The number of carboxylic acids is 1. The van der Waals surface area contributed by atoms with Gasteiger partial charge in [-0.25, -0.2) is 19.2 Å². The van der Waals surface area contributed by atoms with Crippen LogP contribution < -0.4 is 15.4 Å². The van der Waals surface area contributed by atoms with Crippen LogP contribution >= 0.6 is 22.9 Å². The number of benzene rings is 2. The molecule has 3 heterocycles. The summed E-state index contributed by atoms with van der Waals surface area (Å²) in [7, 11) is 1.93. The Labute approximate surface area is 271 Å². The molecule has 0 spiro atoms. The maximum Gasteiger partial charge on any atom is 0.490 e. The van der Waals surface area contributed by atoms with Crippen LogP contribution in [0.3, 0.4) is 0 Å². The second-order valence-electron chi connectivity index (χ2n) is 9.83. The molecule has 0 amide bonds. The average molecular weight is 679 g/mol. The fourth-order valence-corrected chi connectivity index (χ4v) is 6.00. The molecule has 0 bridgehead atoms. The lowest BCUT2D eigenvalue weighted by molar-refractivity contribution is -0.192. The molecule has 2 aromatic carbocycles. The van der Waals surface area contributed by atoms with Gasteiger partial charge in [0.2, 0.25) is 0 Å². The molecule has 244 valence electrons. The summed E-state index contributed by atoms with van der Waals surface area (Å²) in [6.07, 6.45) is 0.333. The molecule has 0 radical (unpaired) electrons. The number of nitrogens with zero attached hydrogens (tertiary/aromatic N) is 4. The van der Waals surface area contributed by atoms with Gasteiger partial charge in [-0.2, -0.15) is 18.3 Å². The zero-order chi connectivity index (χ0) is 33.4. The SMILES string of the molecule is CCNC.CCn1ncc2c1CCc1c-2sc2ncnc(Nc3ccc(OCc4cccc(F)c4)c(Cl)c3)c12.O=C(O)C(F)(F)F. The first-order chi connectivity index (χ1) is 22.0. The van der Waals surface area contributed by atoms with Crippen LogP contribution in [0.2, 0.25) is 5.02 Å². The highest BCUT2D eigenvalue weighted by Crippen LogP contribution is 2.45. The number of hydrogen-bond donors (Lipinski definition) is 3. The van der Waals surface area contributed by atoms with Gasteiger partial charge in [-0.1, -0.05) is 30.7 Å². The number of nitrogens with one attached hydrogen (secondary N) is 2. The third kappa shape index (κ3) is 8.30. The third-order valence-electron chi connectivity index (χ3n) is 6.77. The van der Waals surface area contributed by atoms with Gasteiger partial charge in [0.05, 0.1) is 16.6 Å². The lowest BCUT2D eigenvalue weighted by Gasteiger charge is -2.15. The number of hydrogen-bond acceptors (Lipinski definition) is 8. The van der Waals surface area contributed by atoms with E-state index in [0.717, 1.165) is 53.2 Å². The minimum Gasteiger partial charge on any atom is -0.487 e. The zero-order valence-electron chi connectivity index (χ0n) is 25.1. The first-order valence-electron chi connectivity index (χ1n) is 14.2. The van der Waals surface area contributed by atoms with Gasteiger partial charge in [-0.3, -0.25) is 4.68 Å². The number of anilines is 2. The van der Waals surface area contributed by atoms with Crippen molar-refractivity contribution in [3.8, 4) is 16.2 Å². The predicted molar refractivity (Wildman–Crippen MR) is 170 cm³/mol. The molecule has 0 atom stereocenters. The molecule has 9 nitrogen and oxygen atoms in total. The molecule has 0 saturated carbocycles. The summed E-state index contributed by atoms with van der Waals surface area (Å²) in [5.41, 5.74) is 5.28. The molecular weight excluding hydrogens is 648 g/mol. The van der Waals surface area contributed by atoms with Crippen molar-refractivity contribution in [3.63, 3.8) is 0 Å². The largest absolute Gasteiger partial charge is 0.490 e. The Hall–Kier alpha value is -4.27. The lowest BCUT2D eigenvalue weighted by Crippen LogP contribution is -2.21. The Bertz CT molecular complexity index is 1810. The summed E-state index contributed by atoms with van der Waals surface area (Å²) >= 11 is 8.18. The lowest BCUT2D eigenvalue weighted by atomic mass is 9.95. The van der Waals surface area contributed by atoms with Crippen molar-refractivity contribution < 1.29 is 32.2 Å². The summed E-state index contributed by atoms with van der Waals surface area (Å²) in [4.78, 5) is 20.2. The molecule has 46 heavy (non-hydrogen) atoms. The van der Waals surface area contributed by atoms with Crippen molar-refractivity contribution in [3.05, 3.63) is 82.6 Å². The van der Waals surface area contributed by atoms with E-state index in [1.165, 1.54) is 33.8 Å². The van der Waals surface area contributed by atoms with Gasteiger partial charge >= 0.3 is 12.1 Å².